The van der Waals surface area contributed by atoms with Gasteiger partial charge in [-0.15, -0.1) is 0 Å². The zero-order valence-corrected chi connectivity index (χ0v) is 16.4. The second-order valence-corrected chi connectivity index (χ2v) is 8.14. The van der Waals surface area contributed by atoms with Crippen LogP contribution in [-0.2, 0) is 0 Å². The van der Waals surface area contributed by atoms with E-state index in [0.717, 1.165) is 42.3 Å². The van der Waals surface area contributed by atoms with Crippen molar-refractivity contribution in [2.24, 2.45) is 0 Å². The molecule has 0 unspecified atom stereocenters. The molecule has 5 rings (SSSR count). The summed E-state index contributed by atoms with van der Waals surface area (Å²) in [4.78, 5) is 16.9. The van der Waals surface area contributed by atoms with E-state index in [1.165, 1.54) is 42.2 Å². The highest BCUT2D eigenvalue weighted by atomic mass is 16.6. The predicted octanol–water partition coefficient (Wildman–Crippen LogP) is 5.77. The molecule has 5 heteroatoms. The number of fused-ring (bicyclic) bond motifs is 1. The highest BCUT2D eigenvalue weighted by molar-refractivity contribution is 6.00. The van der Waals surface area contributed by atoms with Crippen molar-refractivity contribution in [2.45, 2.75) is 38.1 Å². The lowest BCUT2D eigenvalue weighted by Gasteiger charge is -2.31. The van der Waals surface area contributed by atoms with Crippen LogP contribution in [0.3, 0.4) is 0 Å². The van der Waals surface area contributed by atoms with Gasteiger partial charge < -0.3 is 4.98 Å². The lowest BCUT2D eigenvalue weighted by atomic mass is 9.93. The summed E-state index contributed by atoms with van der Waals surface area (Å²) in [6.45, 7) is 2.12. The number of nitro groups is 1. The molecule has 1 fully saturated rings. The van der Waals surface area contributed by atoms with Crippen LogP contribution in [0.25, 0.3) is 27.7 Å². The van der Waals surface area contributed by atoms with E-state index < -0.39 is 0 Å². The Hall–Kier alpha value is -2.92. The van der Waals surface area contributed by atoms with Gasteiger partial charge in [0.2, 0.25) is 0 Å². The van der Waals surface area contributed by atoms with Gasteiger partial charge in [-0.05, 0) is 48.6 Å². The molecule has 29 heavy (non-hydrogen) atoms. The molecule has 1 aromatic heterocycles. The van der Waals surface area contributed by atoms with Crippen LogP contribution in [0.1, 0.15) is 37.7 Å². The summed E-state index contributed by atoms with van der Waals surface area (Å²) in [5, 5.41) is 12.3. The summed E-state index contributed by atoms with van der Waals surface area (Å²) >= 11 is 0. The number of non-ortho nitro benzene ring substituents is 1. The largest absolute Gasteiger partial charge is 0.354 e. The average Bonchev–Trinajstić information content (AvgIpc) is 3.42. The van der Waals surface area contributed by atoms with Gasteiger partial charge in [-0.1, -0.05) is 37.1 Å². The quantitative estimate of drug-likeness (QED) is 0.456. The zero-order valence-electron chi connectivity index (χ0n) is 16.4. The van der Waals surface area contributed by atoms with Crippen LogP contribution in [0.15, 0.2) is 54.6 Å². The average molecular weight is 387 g/mol. The smallest absolute Gasteiger partial charge is 0.269 e. The SMILES string of the molecule is O=[N+]([O-])c1ccc(-c2[nH]c3ccccc3c2C2=CCN(C3CCCC3)CC2)cc1. The molecule has 1 aliphatic heterocycles. The number of hydrogen-bond acceptors (Lipinski definition) is 3. The normalized spacial score (nSPS) is 18.3. The van der Waals surface area contributed by atoms with Crippen LogP contribution in [0.2, 0.25) is 0 Å². The van der Waals surface area contributed by atoms with Gasteiger partial charge in [-0.25, -0.2) is 0 Å². The number of nitrogens with zero attached hydrogens (tertiary/aromatic N) is 2. The lowest BCUT2D eigenvalue weighted by molar-refractivity contribution is -0.384. The van der Waals surface area contributed by atoms with Crippen molar-refractivity contribution in [3.8, 4) is 11.3 Å². The van der Waals surface area contributed by atoms with Gasteiger partial charge in [0.15, 0.2) is 0 Å². The molecule has 1 N–H and O–H groups in total. The monoisotopic (exact) mass is 387 g/mol. The fourth-order valence-electron chi connectivity index (χ4n) is 4.95. The Labute approximate surface area is 170 Å². The summed E-state index contributed by atoms with van der Waals surface area (Å²) in [6, 6.07) is 16.0. The number of hydrogen-bond donors (Lipinski definition) is 1. The molecule has 0 bridgehead atoms. The Balaban J connectivity index is 1.54. The molecule has 0 spiro atoms. The van der Waals surface area contributed by atoms with E-state index in [0.29, 0.717) is 0 Å². The van der Waals surface area contributed by atoms with Crippen LogP contribution >= 0.6 is 0 Å². The number of benzene rings is 2. The second-order valence-electron chi connectivity index (χ2n) is 8.14. The summed E-state index contributed by atoms with van der Waals surface area (Å²) in [7, 11) is 0. The van der Waals surface area contributed by atoms with Crippen LogP contribution in [0.4, 0.5) is 5.69 Å². The van der Waals surface area contributed by atoms with Crippen LogP contribution in [0, 0.1) is 10.1 Å². The molecule has 2 heterocycles. The highest BCUT2D eigenvalue weighted by Crippen LogP contribution is 2.39. The summed E-state index contributed by atoms with van der Waals surface area (Å²) in [5.74, 6) is 0. The lowest BCUT2D eigenvalue weighted by Crippen LogP contribution is -2.36. The predicted molar refractivity (Wildman–Crippen MR) is 117 cm³/mol. The number of aromatic amines is 1. The maximum atomic E-state index is 11.0. The third kappa shape index (κ3) is 3.36. The van der Waals surface area contributed by atoms with Crippen molar-refractivity contribution in [3.63, 3.8) is 0 Å². The standard InChI is InChI=1S/C24H25N3O2/c28-27(29)20-11-9-18(10-12-20)24-23(21-7-3-4-8-22(21)25-24)17-13-15-26(16-14-17)19-5-1-2-6-19/h3-4,7-13,19,25H,1-2,5-6,14-16H2. The van der Waals surface area contributed by atoms with E-state index in [2.05, 4.69) is 34.2 Å². The van der Waals surface area contributed by atoms with E-state index in [-0.39, 0.29) is 10.6 Å². The molecule has 0 amide bonds. The Morgan fingerprint density at radius 1 is 1.03 bits per heavy atom. The Kier molecular flexibility index (Phi) is 4.68. The first-order valence-electron chi connectivity index (χ1n) is 10.5. The molecule has 2 aliphatic rings. The molecule has 2 aromatic carbocycles. The van der Waals surface area contributed by atoms with Crippen molar-refractivity contribution in [1.29, 1.82) is 0 Å². The van der Waals surface area contributed by atoms with E-state index in [1.807, 2.05) is 18.2 Å². The van der Waals surface area contributed by atoms with Gasteiger partial charge in [-0.2, -0.15) is 0 Å². The van der Waals surface area contributed by atoms with Crippen molar-refractivity contribution >= 4 is 22.2 Å². The maximum Gasteiger partial charge on any atom is 0.269 e. The minimum Gasteiger partial charge on any atom is -0.354 e. The third-order valence-electron chi connectivity index (χ3n) is 6.48. The molecule has 0 atom stereocenters. The van der Waals surface area contributed by atoms with Gasteiger partial charge >= 0.3 is 0 Å². The van der Waals surface area contributed by atoms with Crippen molar-refractivity contribution in [2.75, 3.05) is 13.1 Å². The summed E-state index contributed by atoms with van der Waals surface area (Å²) in [6.07, 6.45) is 8.84. The van der Waals surface area contributed by atoms with Crippen LogP contribution < -0.4 is 0 Å². The first-order valence-corrected chi connectivity index (χ1v) is 10.5. The van der Waals surface area contributed by atoms with E-state index >= 15 is 0 Å². The minimum absolute atomic E-state index is 0.121. The Bertz CT molecular complexity index is 1080. The number of para-hydroxylation sites is 1. The number of nitro benzene ring substituents is 1. The molecule has 0 saturated heterocycles. The van der Waals surface area contributed by atoms with E-state index in [9.17, 15) is 10.1 Å². The first kappa shape index (κ1) is 18.1. The molecular weight excluding hydrogens is 362 g/mol. The second kappa shape index (κ2) is 7.48. The number of rotatable bonds is 4. The topological polar surface area (TPSA) is 62.2 Å². The van der Waals surface area contributed by atoms with E-state index in [1.54, 1.807) is 12.1 Å². The molecular formula is C24H25N3O2. The molecule has 148 valence electrons. The maximum absolute atomic E-state index is 11.0. The molecule has 1 aliphatic carbocycles. The number of aromatic nitrogens is 1. The Morgan fingerprint density at radius 2 is 1.79 bits per heavy atom. The van der Waals surface area contributed by atoms with Gasteiger partial charge in [0.1, 0.15) is 0 Å². The van der Waals surface area contributed by atoms with Gasteiger partial charge in [0, 0.05) is 47.7 Å². The Morgan fingerprint density at radius 3 is 2.48 bits per heavy atom. The zero-order chi connectivity index (χ0) is 19.8. The highest BCUT2D eigenvalue weighted by Gasteiger charge is 2.26. The number of nitrogens with one attached hydrogen (secondary N) is 1. The summed E-state index contributed by atoms with van der Waals surface area (Å²) in [5.41, 5.74) is 5.90. The summed E-state index contributed by atoms with van der Waals surface area (Å²) < 4.78 is 0. The molecule has 3 aromatic rings. The van der Waals surface area contributed by atoms with Gasteiger partial charge in [0.25, 0.3) is 5.69 Å². The first-order chi connectivity index (χ1) is 14.2. The number of H-pyrrole nitrogens is 1. The van der Waals surface area contributed by atoms with Crippen LogP contribution in [0.5, 0.6) is 0 Å². The van der Waals surface area contributed by atoms with Crippen molar-refractivity contribution < 1.29 is 4.92 Å². The van der Waals surface area contributed by atoms with Gasteiger partial charge in [0.05, 0.1) is 10.6 Å². The fourth-order valence-corrected chi connectivity index (χ4v) is 4.95. The van der Waals surface area contributed by atoms with Crippen LogP contribution in [-0.4, -0.2) is 33.9 Å². The molecule has 1 saturated carbocycles. The van der Waals surface area contributed by atoms with Gasteiger partial charge in [-0.3, -0.25) is 15.0 Å². The molecule has 0 radical (unpaired) electrons. The molecule has 5 nitrogen and oxygen atoms in total. The van der Waals surface area contributed by atoms with E-state index in [4.69, 9.17) is 0 Å². The minimum atomic E-state index is -0.350. The fraction of sp³-hybridized carbons (Fsp3) is 0.333. The van der Waals surface area contributed by atoms with Crippen molar-refractivity contribution in [1.82, 2.24) is 9.88 Å². The third-order valence-corrected chi connectivity index (χ3v) is 6.48. The van der Waals surface area contributed by atoms with Crippen molar-refractivity contribution in [3.05, 3.63) is 70.3 Å².